The van der Waals surface area contributed by atoms with Gasteiger partial charge in [0.25, 0.3) is 5.91 Å². The maximum absolute atomic E-state index is 12.7. The Bertz CT molecular complexity index is 1170. The molecule has 2 heterocycles. The number of amides is 1. The van der Waals surface area contributed by atoms with Gasteiger partial charge in [-0.2, -0.15) is 5.10 Å². The van der Waals surface area contributed by atoms with E-state index < -0.39 is 22.8 Å². The smallest absolute Gasteiger partial charge is 0.254 e. The second kappa shape index (κ2) is 12.3. The van der Waals surface area contributed by atoms with Gasteiger partial charge in [0, 0.05) is 30.6 Å². The highest BCUT2D eigenvalue weighted by Gasteiger charge is 2.29. The van der Waals surface area contributed by atoms with Gasteiger partial charge >= 0.3 is 0 Å². The van der Waals surface area contributed by atoms with Gasteiger partial charge in [-0.1, -0.05) is 12.1 Å². The molecule has 0 spiro atoms. The van der Waals surface area contributed by atoms with Crippen LogP contribution in [0.15, 0.2) is 42.6 Å². The third-order valence-corrected chi connectivity index (χ3v) is 6.41. The molecular formula is C24H31ClN6O4S. The summed E-state index contributed by atoms with van der Waals surface area (Å²) in [6, 6.07) is 10.6. The van der Waals surface area contributed by atoms with Crippen LogP contribution in [0.2, 0.25) is 0 Å². The third-order valence-electron chi connectivity index (χ3n) is 4.95. The summed E-state index contributed by atoms with van der Waals surface area (Å²) in [6.07, 6.45) is 1.60. The summed E-state index contributed by atoms with van der Waals surface area (Å²) in [4.78, 5) is 16.9. The quantitative estimate of drug-likeness (QED) is 0.181. The molecule has 3 rings (SSSR count). The fraction of sp³-hybridized carbons (Fsp3) is 0.375. The van der Waals surface area contributed by atoms with Gasteiger partial charge in [0.05, 0.1) is 35.1 Å². The van der Waals surface area contributed by atoms with E-state index in [1.807, 2.05) is 20.8 Å². The number of hydrogen-bond donors (Lipinski definition) is 3. The molecule has 1 aromatic carbocycles. The van der Waals surface area contributed by atoms with Crippen LogP contribution in [0.25, 0.3) is 11.3 Å². The molecule has 0 saturated carbocycles. The number of carbonyl (C=O) groups excluding carboxylic acids is 1. The lowest BCUT2D eigenvalue weighted by Crippen LogP contribution is -2.25. The average molecular weight is 535 g/mol. The molecule has 2 aromatic heterocycles. The lowest BCUT2D eigenvalue weighted by molar-refractivity contribution is 0.100. The Morgan fingerprint density at radius 2 is 1.92 bits per heavy atom. The summed E-state index contributed by atoms with van der Waals surface area (Å²) < 4.78 is 27.2. The fourth-order valence-corrected chi connectivity index (χ4v) is 4.40. The second-order valence-electron chi connectivity index (χ2n) is 8.79. The molecule has 1 unspecified atom stereocenters. The van der Waals surface area contributed by atoms with E-state index in [1.165, 1.54) is 0 Å². The second-order valence-corrected chi connectivity index (χ2v) is 10.5. The Balaban J connectivity index is 1.99. The predicted molar refractivity (Wildman–Crippen MR) is 143 cm³/mol. The van der Waals surface area contributed by atoms with Crippen LogP contribution in [0.4, 0.5) is 17.2 Å². The number of alkyl halides is 1. The van der Waals surface area contributed by atoms with E-state index in [4.69, 9.17) is 31.9 Å². The van der Waals surface area contributed by atoms with Gasteiger partial charge in [-0.3, -0.25) is 4.79 Å². The van der Waals surface area contributed by atoms with Crippen molar-refractivity contribution in [3.05, 3.63) is 48.2 Å². The first-order chi connectivity index (χ1) is 17.1. The van der Waals surface area contributed by atoms with E-state index in [2.05, 4.69) is 15.0 Å². The number of aromatic nitrogens is 3. The van der Waals surface area contributed by atoms with Gasteiger partial charge in [-0.25, -0.2) is 14.4 Å². The number of nitrogens with zero attached hydrogens (tertiary/aromatic N) is 3. The van der Waals surface area contributed by atoms with Gasteiger partial charge in [0.1, 0.15) is 29.4 Å². The summed E-state index contributed by atoms with van der Waals surface area (Å²) in [7, 11) is 1.60. The first-order valence-corrected chi connectivity index (χ1v) is 13.1. The topological polar surface area (TPSA) is 139 Å². The zero-order valence-electron chi connectivity index (χ0n) is 20.7. The predicted octanol–water partition coefficient (Wildman–Crippen LogP) is 3.88. The number of hydrogen-bond acceptors (Lipinski definition) is 8. The van der Waals surface area contributed by atoms with E-state index in [-0.39, 0.29) is 11.4 Å². The highest BCUT2D eigenvalue weighted by molar-refractivity contribution is 7.92. The van der Waals surface area contributed by atoms with Crippen molar-refractivity contribution in [2.24, 2.45) is 5.73 Å². The fourth-order valence-electron chi connectivity index (χ4n) is 3.34. The van der Waals surface area contributed by atoms with Crippen molar-refractivity contribution in [3.8, 4) is 17.1 Å². The van der Waals surface area contributed by atoms with E-state index in [0.29, 0.717) is 53.3 Å². The van der Waals surface area contributed by atoms with Crippen LogP contribution in [-0.2, 0) is 21.6 Å². The highest BCUT2D eigenvalue weighted by Crippen LogP contribution is 2.35. The Labute approximate surface area is 218 Å². The minimum absolute atomic E-state index is 0.245. The summed E-state index contributed by atoms with van der Waals surface area (Å²) in [6.45, 7) is 6.72. The minimum atomic E-state index is -1.28. The number of pyridine rings is 1. The van der Waals surface area contributed by atoms with Crippen LogP contribution in [0, 0.1) is 0 Å². The summed E-state index contributed by atoms with van der Waals surface area (Å²) >= 11 is 4.37. The number of carbonyl (C=O) groups is 1. The first kappa shape index (κ1) is 27.6. The number of halogens is 1. The zero-order chi connectivity index (χ0) is 26.3. The number of rotatable bonds is 12. The van der Waals surface area contributed by atoms with Gasteiger partial charge in [-0.15, -0.1) is 11.6 Å². The number of nitrogens with two attached hydrogens (primary N) is 1. The number of primary amides is 1. The molecule has 4 N–H and O–H groups in total. The largest absolute Gasteiger partial charge is 0.593 e. The van der Waals surface area contributed by atoms with Crippen molar-refractivity contribution in [1.82, 2.24) is 14.8 Å². The van der Waals surface area contributed by atoms with Crippen LogP contribution in [-0.4, -0.2) is 57.2 Å². The van der Waals surface area contributed by atoms with Gasteiger partial charge in [0.2, 0.25) is 5.88 Å². The number of benzene rings is 1. The van der Waals surface area contributed by atoms with E-state index in [0.717, 1.165) is 0 Å². The summed E-state index contributed by atoms with van der Waals surface area (Å²) in [5, 5.41) is 8.05. The van der Waals surface area contributed by atoms with Crippen molar-refractivity contribution in [2.75, 3.05) is 42.0 Å². The maximum atomic E-state index is 12.7. The molecule has 0 aliphatic rings. The minimum Gasteiger partial charge on any atom is -0.593 e. The van der Waals surface area contributed by atoms with Gasteiger partial charge < -0.3 is 25.1 Å². The Morgan fingerprint density at radius 3 is 2.53 bits per heavy atom. The molecule has 12 heteroatoms. The zero-order valence-corrected chi connectivity index (χ0v) is 22.3. The van der Waals surface area contributed by atoms with Crippen molar-refractivity contribution >= 4 is 46.1 Å². The Morgan fingerprint density at radius 1 is 1.19 bits per heavy atom. The number of nitrogens with one attached hydrogen (secondary N) is 2. The molecule has 0 radical (unpaired) electrons. The molecule has 0 saturated heterocycles. The number of ether oxygens (including phenoxy) is 2. The molecule has 1 amide bonds. The number of anilines is 3. The summed E-state index contributed by atoms with van der Waals surface area (Å²) in [5.74, 6) is 0.851. The molecule has 10 nitrogen and oxygen atoms in total. The molecule has 0 aliphatic carbocycles. The molecule has 0 aliphatic heterocycles. The number of methoxy groups -OCH3 is 1. The van der Waals surface area contributed by atoms with Crippen LogP contribution in [0.5, 0.6) is 5.88 Å². The lowest BCUT2D eigenvalue weighted by atomic mass is 10.1. The van der Waals surface area contributed by atoms with Crippen LogP contribution in [0.3, 0.4) is 0 Å². The van der Waals surface area contributed by atoms with Gasteiger partial charge in [-0.05, 0) is 39.0 Å². The molecule has 0 bridgehead atoms. The molecule has 194 valence electrons. The molecular weight excluding hydrogens is 504 g/mol. The SMILES string of the molecule is COCCOc1cc(Nc2c(C(N)=O)c(-c3ccc(N[S+]([O-])CCCl)cc3)nn2C(C)(C)C)ccn1. The van der Waals surface area contributed by atoms with E-state index in [1.54, 1.807) is 54.4 Å². The van der Waals surface area contributed by atoms with E-state index in [9.17, 15) is 9.35 Å². The van der Waals surface area contributed by atoms with Crippen molar-refractivity contribution in [3.63, 3.8) is 0 Å². The third kappa shape index (κ3) is 7.03. The van der Waals surface area contributed by atoms with Crippen LogP contribution >= 0.6 is 11.6 Å². The normalized spacial score (nSPS) is 12.3. The Kier molecular flexibility index (Phi) is 9.43. The summed E-state index contributed by atoms with van der Waals surface area (Å²) in [5.41, 5.74) is 8.05. The van der Waals surface area contributed by atoms with Crippen LogP contribution in [0.1, 0.15) is 31.1 Å². The molecule has 3 aromatic rings. The average Bonchev–Trinajstić information content (AvgIpc) is 3.20. The van der Waals surface area contributed by atoms with Gasteiger partial charge in [0.15, 0.2) is 0 Å². The molecule has 36 heavy (non-hydrogen) atoms. The first-order valence-electron chi connectivity index (χ1n) is 11.2. The van der Waals surface area contributed by atoms with Crippen LogP contribution < -0.4 is 20.5 Å². The molecule has 1 atom stereocenters. The van der Waals surface area contributed by atoms with E-state index >= 15 is 0 Å². The van der Waals surface area contributed by atoms with Crippen molar-refractivity contribution < 1.29 is 18.8 Å². The monoisotopic (exact) mass is 534 g/mol. The maximum Gasteiger partial charge on any atom is 0.254 e. The van der Waals surface area contributed by atoms with Crippen molar-refractivity contribution in [1.29, 1.82) is 0 Å². The Hall–Kier alpha value is -2.99. The highest BCUT2D eigenvalue weighted by atomic mass is 35.5. The molecule has 0 fully saturated rings. The van der Waals surface area contributed by atoms with Crippen molar-refractivity contribution in [2.45, 2.75) is 26.3 Å². The standard InChI is InChI=1S/C24H31ClN6O4S/c1-24(2,3)31-23(28-18-9-11-27-19(15-18)35-13-12-34-4)20(22(26)32)21(29-31)16-5-7-17(8-6-16)30-36(33)14-10-25/h5-9,11,15,30H,10,12-14H2,1-4H3,(H2,26,32)(H,27,28). The lowest BCUT2D eigenvalue weighted by Gasteiger charge is -2.23.